The minimum atomic E-state index is -0.963. The Hall–Kier alpha value is -1.56. The van der Waals surface area contributed by atoms with Crippen molar-refractivity contribution < 1.29 is 24.2 Å². The number of esters is 1. The third kappa shape index (κ3) is 5.82. The number of aliphatic hydroxyl groups excluding tert-OH is 1. The van der Waals surface area contributed by atoms with Crippen molar-refractivity contribution in [1.82, 2.24) is 4.90 Å². The summed E-state index contributed by atoms with van der Waals surface area (Å²) < 4.78 is 10.2. The Morgan fingerprint density at radius 2 is 1.88 bits per heavy atom. The van der Waals surface area contributed by atoms with Crippen LogP contribution >= 0.6 is 0 Å². The van der Waals surface area contributed by atoms with Gasteiger partial charge in [0.25, 0.3) is 0 Å². The third-order valence-corrected chi connectivity index (χ3v) is 4.03. The maximum atomic E-state index is 12.4. The molecular weight excluding hydrogens is 310 g/mol. The van der Waals surface area contributed by atoms with Crippen LogP contribution in [-0.2, 0) is 14.3 Å². The van der Waals surface area contributed by atoms with Gasteiger partial charge < -0.3 is 19.5 Å². The van der Waals surface area contributed by atoms with E-state index in [1.54, 1.807) is 18.7 Å². The van der Waals surface area contributed by atoms with Crippen molar-refractivity contribution in [2.75, 3.05) is 13.7 Å². The summed E-state index contributed by atoms with van der Waals surface area (Å²) in [4.78, 5) is 26.0. The molecule has 0 aromatic heterocycles. The number of hydrogen-bond donors (Lipinski definition) is 1. The number of allylic oxidation sites excluding steroid dienone is 1. The Balaban J connectivity index is 2.87. The van der Waals surface area contributed by atoms with Crippen LogP contribution < -0.4 is 0 Å². The fraction of sp³-hybridized carbons (Fsp3) is 0.778. The molecule has 138 valence electrons. The highest BCUT2D eigenvalue weighted by Crippen LogP contribution is 2.26. The molecular formula is C18H31NO5. The molecule has 1 saturated heterocycles. The molecule has 0 radical (unpaired) electrons. The zero-order valence-electron chi connectivity index (χ0n) is 15.7. The highest BCUT2D eigenvalue weighted by atomic mass is 16.6. The van der Waals surface area contributed by atoms with E-state index in [9.17, 15) is 14.7 Å². The molecule has 1 N–H and O–H groups in total. The molecule has 6 heteroatoms. The van der Waals surface area contributed by atoms with E-state index in [-0.39, 0.29) is 17.7 Å². The van der Waals surface area contributed by atoms with Crippen molar-refractivity contribution >= 4 is 12.1 Å². The Labute approximate surface area is 144 Å². The molecule has 1 aliphatic rings. The average molecular weight is 341 g/mol. The van der Waals surface area contributed by atoms with Crippen LogP contribution in [0.3, 0.4) is 0 Å². The first-order valence-corrected chi connectivity index (χ1v) is 8.50. The van der Waals surface area contributed by atoms with E-state index in [0.717, 1.165) is 19.3 Å². The lowest BCUT2D eigenvalue weighted by Gasteiger charge is -2.37. The summed E-state index contributed by atoms with van der Waals surface area (Å²) in [6.45, 7) is 9.63. The number of amides is 1. The molecule has 1 heterocycles. The van der Waals surface area contributed by atoms with Crippen molar-refractivity contribution in [3.63, 3.8) is 0 Å². The summed E-state index contributed by atoms with van der Waals surface area (Å²) in [6.07, 6.45) is 1.66. The standard InChI is InChI=1S/C18H31NO5/c1-12(2)15(16(21)23-6)14(20)11-13-9-7-8-10-19(13)17(22)24-18(3,4)5/h13-14,20H,7-11H2,1-6H3. The van der Waals surface area contributed by atoms with Gasteiger partial charge in [-0.3, -0.25) is 0 Å². The number of likely N-dealkylation sites (tertiary alicyclic amines) is 1. The predicted octanol–water partition coefficient (Wildman–Crippen LogP) is 3.04. The molecule has 0 bridgehead atoms. The predicted molar refractivity (Wildman–Crippen MR) is 91.6 cm³/mol. The van der Waals surface area contributed by atoms with Crippen LogP contribution in [0.1, 0.15) is 60.3 Å². The zero-order valence-corrected chi connectivity index (χ0v) is 15.7. The van der Waals surface area contributed by atoms with Gasteiger partial charge in [-0.1, -0.05) is 5.57 Å². The van der Waals surface area contributed by atoms with Gasteiger partial charge in [-0.25, -0.2) is 9.59 Å². The van der Waals surface area contributed by atoms with Gasteiger partial charge in [-0.2, -0.15) is 0 Å². The Bertz CT molecular complexity index is 488. The molecule has 1 amide bonds. The highest BCUT2D eigenvalue weighted by Gasteiger charge is 2.33. The summed E-state index contributed by atoms with van der Waals surface area (Å²) >= 11 is 0. The normalized spacial score (nSPS) is 19.5. The summed E-state index contributed by atoms with van der Waals surface area (Å²) in [7, 11) is 1.30. The number of aliphatic hydroxyl groups is 1. The molecule has 6 nitrogen and oxygen atoms in total. The Morgan fingerprint density at radius 3 is 2.38 bits per heavy atom. The average Bonchev–Trinajstić information content (AvgIpc) is 2.45. The molecule has 24 heavy (non-hydrogen) atoms. The van der Waals surface area contributed by atoms with Crippen LogP contribution in [0.4, 0.5) is 4.79 Å². The number of carbonyl (C=O) groups excluding carboxylic acids is 2. The SMILES string of the molecule is COC(=O)C(=C(C)C)C(O)CC1CCCCN1C(=O)OC(C)(C)C. The van der Waals surface area contributed by atoms with E-state index >= 15 is 0 Å². The van der Waals surface area contributed by atoms with E-state index < -0.39 is 17.7 Å². The first-order valence-electron chi connectivity index (χ1n) is 8.50. The summed E-state index contributed by atoms with van der Waals surface area (Å²) in [6, 6.07) is -0.150. The number of piperidine rings is 1. The van der Waals surface area contributed by atoms with Crippen molar-refractivity contribution in [1.29, 1.82) is 0 Å². The van der Waals surface area contributed by atoms with Gasteiger partial charge in [-0.15, -0.1) is 0 Å². The Kier molecular flexibility index (Phi) is 7.27. The fourth-order valence-corrected chi connectivity index (χ4v) is 2.97. The molecule has 0 spiro atoms. The quantitative estimate of drug-likeness (QED) is 0.628. The maximum absolute atomic E-state index is 12.4. The number of carbonyl (C=O) groups is 2. The van der Waals surface area contributed by atoms with Crippen molar-refractivity contribution in [3.8, 4) is 0 Å². The van der Waals surface area contributed by atoms with E-state index in [1.165, 1.54) is 7.11 Å². The van der Waals surface area contributed by atoms with E-state index in [4.69, 9.17) is 9.47 Å². The molecule has 0 saturated carbocycles. The van der Waals surface area contributed by atoms with Gasteiger partial charge in [0, 0.05) is 12.6 Å². The number of rotatable bonds is 4. The number of methoxy groups -OCH3 is 1. The van der Waals surface area contributed by atoms with Gasteiger partial charge in [0.05, 0.1) is 18.8 Å². The largest absolute Gasteiger partial charge is 0.466 e. The second-order valence-corrected chi connectivity index (χ2v) is 7.48. The highest BCUT2D eigenvalue weighted by molar-refractivity contribution is 5.90. The lowest BCUT2D eigenvalue weighted by Crippen LogP contribution is -2.47. The fourth-order valence-electron chi connectivity index (χ4n) is 2.97. The smallest absolute Gasteiger partial charge is 0.410 e. The van der Waals surface area contributed by atoms with Crippen LogP contribution in [0, 0.1) is 0 Å². The molecule has 1 fully saturated rings. The molecule has 1 aliphatic heterocycles. The molecule has 0 aromatic rings. The van der Waals surface area contributed by atoms with Crippen molar-refractivity contribution in [2.45, 2.75) is 78.0 Å². The van der Waals surface area contributed by atoms with Gasteiger partial charge in [-0.05, 0) is 60.3 Å². The van der Waals surface area contributed by atoms with E-state index in [1.807, 2.05) is 20.8 Å². The second-order valence-electron chi connectivity index (χ2n) is 7.48. The van der Waals surface area contributed by atoms with E-state index in [2.05, 4.69) is 0 Å². The first kappa shape index (κ1) is 20.5. The van der Waals surface area contributed by atoms with Gasteiger partial charge in [0.1, 0.15) is 5.60 Å². The monoisotopic (exact) mass is 341 g/mol. The van der Waals surface area contributed by atoms with Crippen LogP contribution in [-0.4, -0.2) is 53.5 Å². The maximum Gasteiger partial charge on any atom is 0.410 e. The van der Waals surface area contributed by atoms with Crippen LogP contribution in [0.5, 0.6) is 0 Å². The third-order valence-electron chi connectivity index (χ3n) is 4.03. The topological polar surface area (TPSA) is 76.1 Å². The van der Waals surface area contributed by atoms with E-state index in [0.29, 0.717) is 18.5 Å². The summed E-state index contributed by atoms with van der Waals surface area (Å²) in [5, 5.41) is 10.5. The van der Waals surface area contributed by atoms with Gasteiger partial charge in [0.15, 0.2) is 0 Å². The lowest BCUT2D eigenvalue weighted by atomic mass is 9.92. The molecule has 2 atom stereocenters. The minimum absolute atomic E-state index is 0.150. The van der Waals surface area contributed by atoms with Gasteiger partial charge in [0.2, 0.25) is 0 Å². The first-order chi connectivity index (χ1) is 11.1. The van der Waals surface area contributed by atoms with Crippen LogP contribution in [0.2, 0.25) is 0 Å². The number of nitrogens with zero attached hydrogens (tertiary/aromatic N) is 1. The molecule has 0 aromatic carbocycles. The molecule has 0 aliphatic carbocycles. The molecule has 2 unspecified atom stereocenters. The van der Waals surface area contributed by atoms with Crippen molar-refractivity contribution in [3.05, 3.63) is 11.1 Å². The van der Waals surface area contributed by atoms with Crippen LogP contribution in [0.25, 0.3) is 0 Å². The molecule has 1 rings (SSSR count). The zero-order chi connectivity index (χ0) is 18.5. The lowest BCUT2D eigenvalue weighted by molar-refractivity contribution is -0.137. The summed E-state index contributed by atoms with van der Waals surface area (Å²) in [5.41, 5.74) is 0.426. The van der Waals surface area contributed by atoms with Gasteiger partial charge >= 0.3 is 12.1 Å². The number of hydrogen-bond acceptors (Lipinski definition) is 5. The van der Waals surface area contributed by atoms with Crippen LogP contribution in [0.15, 0.2) is 11.1 Å². The number of ether oxygens (including phenoxy) is 2. The summed E-state index contributed by atoms with van der Waals surface area (Å²) in [5.74, 6) is -0.526. The Morgan fingerprint density at radius 1 is 1.25 bits per heavy atom. The second kappa shape index (κ2) is 8.51. The van der Waals surface area contributed by atoms with Crippen molar-refractivity contribution in [2.24, 2.45) is 0 Å². The minimum Gasteiger partial charge on any atom is -0.466 e.